The molecule has 0 fully saturated rings. The average Bonchev–Trinajstić information content (AvgIpc) is 2.64. The minimum absolute atomic E-state index is 0.00889. The third kappa shape index (κ3) is 19.9. The van der Waals surface area contributed by atoms with Gasteiger partial charge in [0.25, 0.3) is 0 Å². The highest BCUT2D eigenvalue weighted by atomic mass is 32.2. The van der Waals surface area contributed by atoms with Crippen molar-refractivity contribution in [3.05, 3.63) is 24.3 Å². The lowest BCUT2D eigenvalue weighted by molar-refractivity contribution is 0.0656. The van der Waals surface area contributed by atoms with Crippen molar-refractivity contribution in [1.82, 2.24) is 0 Å². The molecule has 0 heterocycles. The van der Waals surface area contributed by atoms with Crippen molar-refractivity contribution in [2.75, 3.05) is 25.2 Å². The molecule has 1 unspecified atom stereocenters. The second-order valence-corrected chi connectivity index (χ2v) is 7.85. The highest BCUT2D eigenvalue weighted by molar-refractivity contribution is 7.99. The lowest BCUT2D eigenvalue weighted by atomic mass is 10.1. The van der Waals surface area contributed by atoms with Gasteiger partial charge in [-0.1, -0.05) is 69.8 Å². The second-order valence-electron chi connectivity index (χ2n) is 6.70. The number of aliphatic hydroxyl groups excluding tert-OH is 1. The Kier molecular flexibility index (Phi) is 21.6. The van der Waals surface area contributed by atoms with Crippen LogP contribution in [0, 0.1) is 0 Å². The van der Waals surface area contributed by atoms with Crippen LogP contribution in [0.4, 0.5) is 0 Å². The Morgan fingerprint density at radius 2 is 1.44 bits per heavy atom. The Labute approximate surface area is 161 Å². The highest BCUT2D eigenvalue weighted by Crippen LogP contribution is 2.12. The number of hydrogen-bond donors (Lipinski definition) is 1. The summed E-state index contributed by atoms with van der Waals surface area (Å²) in [4.78, 5) is 0. The minimum atomic E-state index is 0.00889. The smallest absolute Gasteiger partial charge is 0.0892 e. The fourth-order valence-electron chi connectivity index (χ4n) is 2.60. The number of hydrogen-bond acceptors (Lipinski definition) is 3. The first-order valence-electron chi connectivity index (χ1n) is 10.4. The van der Waals surface area contributed by atoms with E-state index in [0.29, 0.717) is 0 Å². The Morgan fingerprint density at radius 3 is 2.04 bits per heavy atom. The van der Waals surface area contributed by atoms with Crippen molar-refractivity contribution in [2.24, 2.45) is 0 Å². The second kappa shape index (κ2) is 21.8. The molecule has 0 aromatic rings. The molecule has 0 radical (unpaired) electrons. The molecule has 0 aromatic heterocycles. The van der Waals surface area contributed by atoms with E-state index in [0.717, 1.165) is 12.2 Å². The van der Waals surface area contributed by atoms with Crippen LogP contribution in [0.3, 0.4) is 0 Å². The Bertz CT molecular complexity index is 298. The summed E-state index contributed by atoms with van der Waals surface area (Å²) in [5, 5.41) is 9.02. The minimum Gasteiger partial charge on any atom is -0.394 e. The van der Waals surface area contributed by atoms with E-state index < -0.39 is 0 Å². The van der Waals surface area contributed by atoms with Gasteiger partial charge in [0, 0.05) is 12.9 Å². The van der Waals surface area contributed by atoms with Crippen molar-refractivity contribution < 1.29 is 9.84 Å². The van der Waals surface area contributed by atoms with Crippen molar-refractivity contribution in [3.8, 4) is 0 Å². The predicted octanol–water partition coefficient (Wildman–Crippen LogP) is 6.54. The maximum absolute atomic E-state index is 9.02. The predicted molar refractivity (Wildman–Crippen MR) is 115 cm³/mol. The molecule has 1 atom stereocenters. The Balaban J connectivity index is 3.19. The molecule has 0 rings (SSSR count). The number of rotatable bonds is 19. The highest BCUT2D eigenvalue weighted by Gasteiger charge is 2.04. The fraction of sp³-hybridized carbons (Fsp3) is 0.818. The standard InChI is InChI=1S/C22H42O2S/c1-3-4-5-6-7-8-9-10-11-12-13-14-15-16-17-18-19-25-21-22(20-23)24-2/h7-8,10-11,22-23H,3-6,9,12-21H2,1-2H3. The SMILES string of the molecule is CCCCCC=CCC=CCCCCCCCCSCC(CO)OC. The largest absolute Gasteiger partial charge is 0.394 e. The molecule has 0 bridgehead atoms. The van der Waals surface area contributed by atoms with Crippen molar-refractivity contribution in [3.63, 3.8) is 0 Å². The zero-order valence-electron chi connectivity index (χ0n) is 16.8. The van der Waals surface area contributed by atoms with Crippen LogP contribution in [-0.4, -0.2) is 36.4 Å². The topological polar surface area (TPSA) is 29.5 Å². The summed E-state index contributed by atoms with van der Waals surface area (Å²) in [7, 11) is 1.67. The molecular formula is C22H42O2S. The van der Waals surface area contributed by atoms with Crippen LogP contribution in [-0.2, 0) is 4.74 Å². The number of allylic oxidation sites excluding steroid dienone is 4. The van der Waals surface area contributed by atoms with E-state index in [-0.39, 0.29) is 12.7 Å². The van der Waals surface area contributed by atoms with E-state index in [1.54, 1.807) is 7.11 Å². The molecule has 0 aliphatic heterocycles. The van der Waals surface area contributed by atoms with Gasteiger partial charge < -0.3 is 9.84 Å². The lowest BCUT2D eigenvalue weighted by Gasteiger charge is -2.11. The molecule has 1 N–H and O–H groups in total. The van der Waals surface area contributed by atoms with E-state index >= 15 is 0 Å². The molecule has 0 saturated carbocycles. The number of unbranched alkanes of at least 4 members (excludes halogenated alkanes) is 9. The maximum Gasteiger partial charge on any atom is 0.0892 e. The molecule has 0 aliphatic carbocycles. The normalized spacial score (nSPS) is 13.2. The van der Waals surface area contributed by atoms with Crippen LogP contribution in [0.1, 0.15) is 84.0 Å². The third-order valence-corrected chi connectivity index (χ3v) is 5.51. The van der Waals surface area contributed by atoms with E-state index in [4.69, 9.17) is 9.84 Å². The zero-order chi connectivity index (χ0) is 18.4. The molecule has 0 aromatic carbocycles. The van der Waals surface area contributed by atoms with Crippen molar-refractivity contribution >= 4 is 11.8 Å². The van der Waals surface area contributed by atoms with E-state index in [2.05, 4.69) is 31.2 Å². The molecule has 0 aliphatic rings. The van der Waals surface area contributed by atoms with Gasteiger partial charge in [-0.15, -0.1) is 0 Å². The number of aliphatic hydroxyl groups is 1. The van der Waals surface area contributed by atoms with Crippen LogP contribution in [0.2, 0.25) is 0 Å². The quantitative estimate of drug-likeness (QED) is 0.207. The molecule has 25 heavy (non-hydrogen) atoms. The first kappa shape index (κ1) is 24.8. The van der Waals surface area contributed by atoms with Crippen molar-refractivity contribution in [1.29, 1.82) is 0 Å². The Morgan fingerprint density at radius 1 is 0.840 bits per heavy atom. The monoisotopic (exact) mass is 370 g/mol. The van der Waals surface area contributed by atoms with Gasteiger partial charge in [0.1, 0.15) is 0 Å². The molecular weight excluding hydrogens is 328 g/mol. The van der Waals surface area contributed by atoms with E-state index in [9.17, 15) is 0 Å². The van der Waals surface area contributed by atoms with Gasteiger partial charge in [0.15, 0.2) is 0 Å². The molecule has 148 valence electrons. The fourth-order valence-corrected chi connectivity index (χ4v) is 3.68. The van der Waals surface area contributed by atoms with Gasteiger partial charge in [0.05, 0.1) is 12.7 Å². The number of methoxy groups -OCH3 is 1. The lowest BCUT2D eigenvalue weighted by Crippen LogP contribution is -2.18. The van der Waals surface area contributed by atoms with Crippen molar-refractivity contribution in [2.45, 2.75) is 90.1 Å². The summed E-state index contributed by atoms with van der Waals surface area (Å²) in [6, 6.07) is 0. The zero-order valence-corrected chi connectivity index (χ0v) is 17.6. The summed E-state index contributed by atoms with van der Waals surface area (Å²) in [6.45, 7) is 2.39. The van der Waals surface area contributed by atoms with Crippen LogP contribution in [0.25, 0.3) is 0 Å². The Hall–Kier alpha value is -0.250. The first-order valence-corrected chi connectivity index (χ1v) is 11.5. The summed E-state index contributed by atoms with van der Waals surface area (Å²) >= 11 is 1.90. The molecule has 0 saturated heterocycles. The van der Waals surface area contributed by atoms with Crippen LogP contribution >= 0.6 is 11.8 Å². The summed E-state index contributed by atoms with van der Waals surface area (Å²) in [6.07, 6.45) is 24.9. The van der Waals surface area contributed by atoms with Gasteiger partial charge in [-0.25, -0.2) is 0 Å². The van der Waals surface area contributed by atoms with Gasteiger partial charge in [-0.2, -0.15) is 11.8 Å². The molecule has 0 spiro atoms. The molecule has 0 amide bonds. The molecule has 3 heteroatoms. The number of ether oxygens (including phenoxy) is 1. The van der Waals surface area contributed by atoms with E-state index in [1.807, 2.05) is 11.8 Å². The van der Waals surface area contributed by atoms with Crippen LogP contribution in [0.5, 0.6) is 0 Å². The van der Waals surface area contributed by atoms with Gasteiger partial charge in [-0.05, 0) is 44.3 Å². The maximum atomic E-state index is 9.02. The van der Waals surface area contributed by atoms with E-state index in [1.165, 1.54) is 76.4 Å². The van der Waals surface area contributed by atoms with Crippen LogP contribution < -0.4 is 0 Å². The third-order valence-electron chi connectivity index (χ3n) is 4.33. The average molecular weight is 371 g/mol. The molecule has 2 nitrogen and oxygen atoms in total. The first-order chi connectivity index (χ1) is 12.3. The van der Waals surface area contributed by atoms with Gasteiger partial charge in [-0.3, -0.25) is 0 Å². The van der Waals surface area contributed by atoms with Crippen LogP contribution in [0.15, 0.2) is 24.3 Å². The van der Waals surface area contributed by atoms with Gasteiger partial charge in [0.2, 0.25) is 0 Å². The number of thioether (sulfide) groups is 1. The van der Waals surface area contributed by atoms with Gasteiger partial charge >= 0.3 is 0 Å². The summed E-state index contributed by atoms with van der Waals surface area (Å²) in [5.41, 5.74) is 0. The summed E-state index contributed by atoms with van der Waals surface area (Å²) < 4.78 is 5.15. The summed E-state index contributed by atoms with van der Waals surface area (Å²) in [5.74, 6) is 2.10.